The molecular formula is C4N12O2-2. The van der Waals surface area contributed by atoms with Crippen LogP contribution in [0.2, 0.25) is 0 Å². The number of nitro groups is 1. The number of hydrogen-bond acceptors (Lipinski definition) is 10. The molecule has 14 nitrogen and oxygen atoms in total. The van der Waals surface area contributed by atoms with Crippen LogP contribution < -0.4 is 10.2 Å². The van der Waals surface area contributed by atoms with Crippen molar-refractivity contribution in [1.82, 2.24) is 56.4 Å². The monoisotopic (exact) mass is 248 g/mol. The van der Waals surface area contributed by atoms with E-state index < -0.39 is 5.03 Å². The molecule has 0 amide bonds. The molecule has 14 heteroatoms. The normalized spacial score (nSPS) is 10.7. The van der Waals surface area contributed by atoms with E-state index in [0.29, 0.717) is 0 Å². The fourth-order valence-corrected chi connectivity index (χ4v) is 1.15. The van der Waals surface area contributed by atoms with E-state index in [4.69, 9.17) is 0 Å². The lowest BCUT2D eigenvalue weighted by atomic mass is 10.3. The van der Waals surface area contributed by atoms with Gasteiger partial charge >= 0.3 is 0 Å². The van der Waals surface area contributed by atoms with Gasteiger partial charge in [0.25, 0.3) is 0 Å². The van der Waals surface area contributed by atoms with Gasteiger partial charge in [-0.2, -0.15) is 10.4 Å². The van der Waals surface area contributed by atoms with Crippen LogP contribution in [-0.4, -0.2) is 51.2 Å². The Kier molecular flexibility index (Phi) is 1.98. The maximum Gasteiger partial charge on any atom is 0.226 e. The first-order valence-electron chi connectivity index (χ1n) is 4.26. The highest BCUT2D eigenvalue weighted by Gasteiger charge is 2.23. The van der Waals surface area contributed by atoms with Crippen molar-refractivity contribution in [3.05, 3.63) is 10.1 Å². The Labute approximate surface area is 95.5 Å². The third kappa shape index (κ3) is 1.44. The molecule has 0 atom stereocenters. The van der Waals surface area contributed by atoms with E-state index >= 15 is 0 Å². The van der Waals surface area contributed by atoms with Gasteiger partial charge < -0.3 is 20.3 Å². The second kappa shape index (κ2) is 3.61. The van der Waals surface area contributed by atoms with Crippen molar-refractivity contribution in [2.24, 2.45) is 0 Å². The van der Waals surface area contributed by atoms with Crippen LogP contribution in [0.1, 0.15) is 0 Å². The van der Waals surface area contributed by atoms with E-state index in [1.807, 2.05) is 0 Å². The zero-order valence-corrected chi connectivity index (χ0v) is 8.18. The highest BCUT2D eigenvalue weighted by atomic mass is 16.7. The third-order valence-corrected chi connectivity index (χ3v) is 1.81. The van der Waals surface area contributed by atoms with Crippen LogP contribution in [0.15, 0.2) is 0 Å². The predicted octanol–water partition coefficient (Wildman–Crippen LogP) is -3.06. The molecule has 0 fully saturated rings. The van der Waals surface area contributed by atoms with Crippen LogP contribution in [0.4, 0.5) is 0 Å². The molecule has 0 aliphatic heterocycles. The van der Waals surface area contributed by atoms with Gasteiger partial charge in [0.05, 0.1) is 11.6 Å². The fraction of sp³-hybridized carbons (Fsp3) is 0. The van der Waals surface area contributed by atoms with Gasteiger partial charge in [-0.3, -0.25) is 20.6 Å². The van der Waals surface area contributed by atoms with Gasteiger partial charge in [-0.15, -0.1) is 0 Å². The molecule has 0 spiro atoms. The largest absolute Gasteiger partial charge is 0.372 e. The molecule has 3 heterocycles. The Hall–Kier alpha value is -3.32. The number of tetrazole rings is 2. The molecular weight excluding hydrogens is 248 g/mol. The van der Waals surface area contributed by atoms with Gasteiger partial charge in [0.1, 0.15) is 4.91 Å². The van der Waals surface area contributed by atoms with Crippen molar-refractivity contribution < 1.29 is 5.03 Å². The van der Waals surface area contributed by atoms with Crippen LogP contribution in [0.25, 0.3) is 23.0 Å². The molecule has 0 aromatic carbocycles. The van der Waals surface area contributed by atoms with E-state index in [-0.39, 0.29) is 27.9 Å². The summed E-state index contributed by atoms with van der Waals surface area (Å²) in [4.78, 5) is 10.8. The summed E-state index contributed by atoms with van der Waals surface area (Å²) >= 11 is 0. The minimum absolute atomic E-state index is 0.0356. The molecule has 0 aliphatic rings. The molecule has 90 valence electrons. The summed E-state index contributed by atoms with van der Waals surface area (Å²) < 4.78 is 0. The molecule has 0 aliphatic carbocycles. The fourth-order valence-electron chi connectivity index (χ4n) is 1.15. The molecule has 18 heavy (non-hydrogen) atoms. The lowest BCUT2D eigenvalue weighted by molar-refractivity contribution is -0.563. The highest BCUT2D eigenvalue weighted by molar-refractivity contribution is 5.68. The summed E-state index contributed by atoms with van der Waals surface area (Å²) in [6, 6.07) is 0. The number of rotatable bonds is 3. The Morgan fingerprint density at radius 3 is 1.83 bits per heavy atom. The number of hydrogen-bond donors (Lipinski definition) is 0. The maximum absolute atomic E-state index is 10.6. The molecule has 0 saturated heterocycles. The second-order valence-corrected chi connectivity index (χ2v) is 2.81. The Balaban J connectivity index is 2.20. The number of aromatic nitrogens is 11. The van der Waals surface area contributed by atoms with E-state index in [2.05, 4.69) is 51.4 Å². The summed E-state index contributed by atoms with van der Waals surface area (Å²) in [5, 5.41) is 44.0. The first kappa shape index (κ1) is 9.87. The van der Waals surface area contributed by atoms with Gasteiger partial charge in [0.15, 0.2) is 0 Å². The van der Waals surface area contributed by atoms with Crippen molar-refractivity contribution in [1.29, 1.82) is 0 Å². The molecule has 3 aromatic rings. The first-order chi connectivity index (χ1) is 8.75. The highest BCUT2D eigenvalue weighted by Crippen LogP contribution is 2.21. The van der Waals surface area contributed by atoms with Gasteiger partial charge in [-0.05, 0) is 0 Å². The lowest BCUT2D eigenvalue weighted by Crippen LogP contribution is -2.12. The van der Waals surface area contributed by atoms with Crippen molar-refractivity contribution >= 4 is 0 Å². The SMILES string of the molecule is O=[N+]([O-])n1nc(-c2nnn[n-]2)c(-c2nnn[n-]2)n1. The summed E-state index contributed by atoms with van der Waals surface area (Å²) in [6.45, 7) is 0. The van der Waals surface area contributed by atoms with Crippen LogP contribution in [0.5, 0.6) is 0 Å². The minimum atomic E-state index is -0.847. The van der Waals surface area contributed by atoms with Crippen molar-refractivity contribution in [3.63, 3.8) is 0 Å². The van der Waals surface area contributed by atoms with Crippen molar-refractivity contribution in [2.75, 3.05) is 0 Å². The van der Waals surface area contributed by atoms with Crippen molar-refractivity contribution in [2.45, 2.75) is 0 Å². The predicted molar refractivity (Wildman–Crippen MR) is 46.7 cm³/mol. The van der Waals surface area contributed by atoms with Crippen LogP contribution >= 0.6 is 0 Å². The third-order valence-electron chi connectivity index (χ3n) is 1.81. The van der Waals surface area contributed by atoms with Gasteiger partial charge in [-0.25, -0.2) is 0 Å². The maximum atomic E-state index is 10.6. The van der Waals surface area contributed by atoms with Crippen LogP contribution in [0, 0.1) is 10.1 Å². The van der Waals surface area contributed by atoms with Crippen molar-refractivity contribution in [3.8, 4) is 23.0 Å². The van der Waals surface area contributed by atoms with Crippen LogP contribution in [-0.2, 0) is 0 Å². The second-order valence-electron chi connectivity index (χ2n) is 2.81. The van der Waals surface area contributed by atoms with Crippen LogP contribution in [0.3, 0.4) is 0 Å². The topological polar surface area (TPSA) is 179 Å². The molecule has 0 N–H and O–H groups in total. The smallest absolute Gasteiger partial charge is 0.226 e. The summed E-state index contributed by atoms with van der Waals surface area (Å²) in [7, 11) is 0. The Morgan fingerprint density at radius 1 is 1.00 bits per heavy atom. The first-order valence-corrected chi connectivity index (χ1v) is 4.26. The standard InChI is InChI=1S/C4N12O2/c17-16(18)15-9-1(3-5-11-12-6-3)2(10-15)4-7-13-14-8-4/q-2. The molecule has 0 bridgehead atoms. The van der Waals surface area contributed by atoms with Gasteiger partial charge in [0.2, 0.25) is 11.4 Å². The molecule has 0 saturated carbocycles. The Bertz CT molecular complexity index is 613. The van der Waals surface area contributed by atoms with Gasteiger partial charge in [0, 0.05) is 15.2 Å². The zero-order chi connectivity index (χ0) is 12.5. The van der Waals surface area contributed by atoms with Gasteiger partial charge in [-0.1, -0.05) is 0 Å². The van der Waals surface area contributed by atoms with E-state index in [9.17, 15) is 10.1 Å². The average molecular weight is 248 g/mol. The molecule has 3 aromatic heterocycles. The molecule has 0 unspecified atom stereocenters. The van der Waals surface area contributed by atoms with E-state index in [0.717, 1.165) is 0 Å². The summed E-state index contributed by atoms with van der Waals surface area (Å²) in [5.41, 5.74) is -0.0713. The molecule has 0 radical (unpaired) electrons. The van der Waals surface area contributed by atoms with E-state index in [1.165, 1.54) is 0 Å². The quantitative estimate of drug-likeness (QED) is 0.337. The summed E-state index contributed by atoms with van der Waals surface area (Å²) in [5.74, 6) is -0.0780. The average Bonchev–Trinajstić information content (AvgIpc) is 3.10. The zero-order valence-electron chi connectivity index (χ0n) is 8.18. The minimum Gasteiger partial charge on any atom is -0.372 e. The number of nitrogens with zero attached hydrogens (tertiary/aromatic N) is 12. The Morgan fingerprint density at radius 2 is 1.50 bits per heavy atom. The van der Waals surface area contributed by atoms with E-state index in [1.54, 1.807) is 0 Å². The molecule has 3 rings (SSSR count). The summed E-state index contributed by atoms with van der Waals surface area (Å²) in [6.07, 6.45) is 0. The lowest BCUT2D eigenvalue weighted by Gasteiger charge is -1.92.